The van der Waals surface area contributed by atoms with Crippen LogP contribution in [0, 0.1) is 6.92 Å². The van der Waals surface area contributed by atoms with Crippen molar-refractivity contribution in [1.82, 2.24) is 0 Å². The molecule has 2 N–H and O–H groups in total. The summed E-state index contributed by atoms with van der Waals surface area (Å²) in [5.41, 5.74) is 3.18. The molecule has 3 aromatic rings. The zero-order chi connectivity index (χ0) is 18.7. The predicted octanol–water partition coefficient (Wildman–Crippen LogP) is 4.16. The normalized spacial score (nSPS) is 11.2. The van der Waals surface area contributed by atoms with Crippen molar-refractivity contribution in [2.75, 3.05) is 5.32 Å². The highest BCUT2D eigenvalue weighted by molar-refractivity contribution is 7.85. The summed E-state index contributed by atoms with van der Waals surface area (Å²) in [5.74, 6) is -0.366. The maximum Gasteiger partial charge on any atom is 0.294 e. The summed E-state index contributed by atoms with van der Waals surface area (Å²) in [6.45, 7) is 1.57. The number of carbonyl (C=O) groups is 1. The minimum absolute atomic E-state index is 0.227. The Morgan fingerprint density at radius 3 is 2.12 bits per heavy atom. The average Bonchev–Trinajstić information content (AvgIpc) is 2.63. The summed E-state index contributed by atoms with van der Waals surface area (Å²) in [5, 5.41) is 2.64. The van der Waals surface area contributed by atoms with Gasteiger partial charge in [0.2, 0.25) is 0 Å². The van der Waals surface area contributed by atoms with Crippen LogP contribution in [0.2, 0.25) is 0 Å². The number of rotatable bonds is 4. The third-order valence-electron chi connectivity index (χ3n) is 3.98. The highest BCUT2D eigenvalue weighted by Gasteiger charge is 2.15. The Morgan fingerprint density at radius 2 is 1.50 bits per heavy atom. The molecule has 0 heterocycles. The number of hydrogen-bond acceptors (Lipinski definition) is 3. The first-order chi connectivity index (χ1) is 12.3. The van der Waals surface area contributed by atoms with Crippen LogP contribution in [0.3, 0.4) is 0 Å². The van der Waals surface area contributed by atoms with Crippen molar-refractivity contribution in [1.29, 1.82) is 0 Å². The zero-order valence-electron chi connectivity index (χ0n) is 14.0. The van der Waals surface area contributed by atoms with Gasteiger partial charge in [0.05, 0.1) is 4.90 Å². The van der Waals surface area contributed by atoms with Crippen molar-refractivity contribution in [3.8, 4) is 11.1 Å². The van der Waals surface area contributed by atoms with Gasteiger partial charge in [0, 0.05) is 11.3 Å². The van der Waals surface area contributed by atoms with Crippen molar-refractivity contribution in [2.45, 2.75) is 11.8 Å². The number of benzene rings is 3. The Hall–Kier alpha value is -2.96. The number of aryl methyl sites for hydroxylation is 1. The SMILES string of the molecule is Cc1ccc(NC(=O)c2ccc(-c3ccccc3)cc2)cc1S(=O)(=O)O. The minimum atomic E-state index is -4.34. The second-order valence-corrected chi connectivity index (χ2v) is 7.24. The summed E-state index contributed by atoms with van der Waals surface area (Å²) in [7, 11) is -4.34. The van der Waals surface area contributed by atoms with E-state index in [9.17, 15) is 17.8 Å². The van der Waals surface area contributed by atoms with E-state index < -0.39 is 10.1 Å². The van der Waals surface area contributed by atoms with Crippen molar-refractivity contribution in [3.05, 3.63) is 83.9 Å². The first kappa shape index (κ1) is 17.8. The van der Waals surface area contributed by atoms with Gasteiger partial charge in [0.15, 0.2) is 0 Å². The fourth-order valence-electron chi connectivity index (χ4n) is 2.60. The zero-order valence-corrected chi connectivity index (χ0v) is 14.8. The van der Waals surface area contributed by atoms with E-state index in [0.29, 0.717) is 16.8 Å². The molecule has 6 heteroatoms. The largest absolute Gasteiger partial charge is 0.322 e. The maximum atomic E-state index is 12.4. The summed E-state index contributed by atoms with van der Waals surface area (Å²) < 4.78 is 32.0. The lowest BCUT2D eigenvalue weighted by atomic mass is 10.0. The first-order valence-corrected chi connectivity index (χ1v) is 9.33. The summed E-state index contributed by atoms with van der Waals surface area (Å²) >= 11 is 0. The Balaban J connectivity index is 1.81. The predicted molar refractivity (Wildman–Crippen MR) is 101 cm³/mol. The molecule has 0 radical (unpaired) electrons. The van der Waals surface area contributed by atoms with Crippen LogP contribution in [-0.2, 0) is 10.1 Å². The summed E-state index contributed by atoms with van der Waals surface area (Å²) in [6.07, 6.45) is 0. The monoisotopic (exact) mass is 367 g/mol. The van der Waals surface area contributed by atoms with Crippen LogP contribution in [0.15, 0.2) is 77.7 Å². The van der Waals surface area contributed by atoms with Crippen molar-refractivity contribution >= 4 is 21.7 Å². The van der Waals surface area contributed by atoms with Crippen molar-refractivity contribution in [3.63, 3.8) is 0 Å². The van der Waals surface area contributed by atoms with Gasteiger partial charge in [-0.2, -0.15) is 8.42 Å². The van der Waals surface area contributed by atoms with Gasteiger partial charge < -0.3 is 5.32 Å². The van der Waals surface area contributed by atoms with E-state index in [1.165, 1.54) is 12.1 Å². The topological polar surface area (TPSA) is 83.5 Å². The van der Waals surface area contributed by atoms with Gasteiger partial charge in [-0.15, -0.1) is 0 Å². The van der Waals surface area contributed by atoms with E-state index in [1.807, 2.05) is 42.5 Å². The molecule has 3 rings (SSSR count). The molecule has 1 amide bonds. The molecule has 132 valence electrons. The molecule has 0 aliphatic carbocycles. The van der Waals surface area contributed by atoms with E-state index in [4.69, 9.17) is 0 Å². The van der Waals surface area contributed by atoms with E-state index >= 15 is 0 Å². The number of anilines is 1. The molecule has 0 saturated carbocycles. The van der Waals surface area contributed by atoms with Gasteiger partial charge >= 0.3 is 0 Å². The fraction of sp³-hybridized carbons (Fsp3) is 0.0500. The Labute approximate surface area is 152 Å². The van der Waals surface area contributed by atoms with E-state index in [2.05, 4.69) is 5.32 Å². The lowest BCUT2D eigenvalue weighted by Crippen LogP contribution is -2.12. The van der Waals surface area contributed by atoms with Crippen LogP contribution in [0.4, 0.5) is 5.69 Å². The van der Waals surface area contributed by atoms with Gasteiger partial charge in [-0.1, -0.05) is 48.5 Å². The van der Waals surface area contributed by atoms with E-state index in [0.717, 1.165) is 11.1 Å². The number of hydrogen-bond donors (Lipinski definition) is 2. The van der Waals surface area contributed by atoms with Crippen LogP contribution < -0.4 is 5.32 Å². The molecular formula is C20H17NO4S. The molecule has 0 spiro atoms. The molecule has 0 aliphatic rings. The molecule has 3 aromatic carbocycles. The van der Waals surface area contributed by atoms with Crippen LogP contribution >= 0.6 is 0 Å². The fourth-order valence-corrected chi connectivity index (χ4v) is 3.35. The highest BCUT2D eigenvalue weighted by atomic mass is 32.2. The lowest BCUT2D eigenvalue weighted by Gasteiger charge is -2.09. The quantitative estimate of drug-likeness (QED) is 0.678. The smallest absolute Gasteiger partial charge is 0.294 e. The van der Waals surface area contributed by atoms with Crippen LogP contribution in [0.1, 0.15) is 15.9 Å². The number of nitrogens with one attached hydrogen (secondary N) is 1. The highest BCUT2D eigenvalue weighted by Crippen LogP contribution is 2.22. The third kappa shape index (κ3) is 3.99. The second-order valence-electron chi connectivity index (χ2n) is 5.85. The maximum absolute atomic E-state index is 12.4. The third-order valence-corrected chi connectivity index (χ3v) is 4.97. The molecule has 26 heavy (non-hydrogen) atoms. The molecule has 5 nitrogen and oxygen atoms in total. The molecular weight excluding hydrogens is 350 g/mol. The van der Waals surface area contributed by atoms with Gasteiger partial charge in [-0.05, 0) is 47.9 Å². The number of carbonyl (C=O) groups excluding carboxylic acids is 1. The molecule has 0 unspecified atom stereocenters. The molecule has 0 saturated heterocycles. The Morgan fingerprint density at radius 1 is 0.885 bits per heavy atom. The molecule has 0 bridgehead atoms. The second kappa shape index (κ2) is 7.11. The summed E-state index contributed by atoms with van der Waals surface area (Å²) in [6, 6.07) is 21.2. The van der Waals surface area contributed by atoms with E-state index in [-0.39, 0.29) is 10.8 Å². The molecule has 0 aliphatic heterocycles. The van der Waals surface area contributed by atoms with Crippen molar-refractivity contribution < 1.29 is 17.8 Å². The first-order valence-electron chi connectivity index (χ1n) is 7.89. The minimum Gasteiger partial charge on any atom is -0.322 e. The molecule has 0 atom stereocenters. The van der Waals surface area contributed by atoms with Gasteiger partial charge in [0.1, 0.15) is 0 Å². The standard InChI is InChI=1S/C20H17NO4S/c1-14-7-12-18(13-19(14)26(23,24)25)21-20(22)17-10-8-16(9-11-17)15-5-3-2-4-6-15/h2-13H,1H3,(H,21,22)(H,23,24,25). The van der Waals surface area contributed by atoms with Gasteiger partial charge in [-0.25, -0.2) is 0 Å². The molecule has 0 aromatic heterocycles. The van der Waals surface area contributed by atoms with Crippen LogP contribution in [0.25, 0.3) is 11.1 Å². The molecule has 0 fully saturated rings. The Kier molecular flexibility index (Phi) is 4.88. The van der Waals surface area contributed by atoms with Gasteiger partial charge in [0.25, 0.3) is 16.0 Å². The summed E-state index contributed by atoms with van der Waals surface area (Å²) in [4.78, 5) is 12.2. The average molecular weight is 367 g/mol. The van der Waals surface area contributed by atoms with Crippen molar-refractivity contribution in [2.24, 2.45) is 0 Å². The van der Waals surface area contributed by atoms with Crippen LogP contribution in [-0.4, -0.2) is 18.9 Å². The van der Waals surface area contributed by atoms with Crippen LogP contribution in [0.5, 0.6) is 0 Å². The number of amides is 1. The van der Waals surface area contributed by atoms with E-state index in [1.54, 1.807) is 25.1 Å². The Bertz CT molecular complexity index is 1040. The van der Waals surface area contributed by atoms with Gasteiger partial charge in [-0.3, -0.25) is 9.35 Å². The lowest BCUT2D eigenvalue weighted by molar-refractivity contribution is 0.102.